The number of nitrogens with zero attached hydrogens (tertiary/aromatic N) is 2. The van der Waals surface area contributed by atoms with Gasteiger partial charge in [-0.3, -0.25) is 4.79 Å². The van der Waals surface area contributed by atoms with E-state index in [1.54, 1.807) is 0 Å². The fraction of sp³-hybridized carbons (Fsp3) is 0.500. The molecule has 0 radical (unpaired) electrons. The van der Waals surface area contributed by atoms with E-state index in [1.807, 2.05) is 51.1 Å². The number of rotatable bonds is 13. The van der Waals surface area contributed by atoms with Gasteiger partial charge in [0.25, 0.3) is 5.91 Å². The van der Waals surface area contributed by atoms with Gasteiger partial charge < -0.3 is 14.6 Å². The molecule has 1 N–H and O–H groups in total. The molecule has 3 aromatic rings. The van der Waals surface area contributed by atoms with E-state index < -0.39 is 0 Å². The fourth-order valence-corrected chi connectivity index (χ4v) is 4.24. The molecule has 2 aromatic carbocycles. The summed E-state index contributed by atoms with van der Waals surface area (Å²) in [7, 11) is 0. The normalized spacial score (nSPS) is 12.1. The van der Waals surface area contributed by atoms with Gasteiger partial charge in [0.2, 0.25) is 0 Å². The lowest BCUT2D eigenvalue weighted by molar-refractivity contribution is -0.123. The van der Waals surface area contributed by atoms with Crippen molar-refractivity contribution in [3.05, 3.63) is 59.4 Å². The van der Waals surface area contributed by atoms with Crippen LogP contribution in [0, 0.1) is 13.8 Å². The molecule has 1 amide bonds. The molecule has 0 aliphatic carbocycles. The Kier molecular flexibility index (Phi) is 9.35. The van der Waals surface area contributed by atoms with E-state index in [1.165, 1.54) is 38.5 Å². The Bertz CT molecular complexity index is 1040. The summed E-state index contributed by atoms with van der Waals surface area (Å²) in [5.41, 5.74) is 4.25. The van der Waals surface area contributed by atoms with Crippen LogP contribution >= 0.6 is 0 Å². The fourth-order valence-electron chi connectivity index (χ4n) is 4.24. The van der Waals surface area contributed by atoms with E-state index in [9.17, 15) is 4.79 Å². The predicted octanol–water partition coefficient (Wildman–Crippen LogP) is 6.66. The maximum atomic E-state index is 12.6. The molecular weight excluding hydrogens is 410 g/mol. The minimum absolute atomic E-state index is 0.00732. The zero-order valence-corrected chi connectivity index (χ0v) is 20.7. The summed E-state index contributed by atoms with van der Waals surface area (Å²) in [6.45, 7) is 9.17. The van der Waals surface area contributed by atoms with Crippen molar-refractivity contribution >= 4 is 16.9 Å². The van der Waals surface area contributed by atoms with Crippen LogP contribution in [-0.4, -0.2) is 22.1 Å². The van der Waals surface area contributed by atoms with Crippen molar-refractivity contribution in [1.82, 2.24) is 14.9 Å². The van der Waals surface area contributed by atoms with Gasteiger partial charge in [0.05, 0.1) is 17.1 Å². The van der Waals surface area contributed by atoms with Crippen LogP contribution in [-0.2, 0) is 11.3 Å². The predicted molar refractivity (Wildman–Crippen MR) is 136 cm³/mol. The molecule has 178 valence electrons. The number of ether oxygens (including phenoxy) is 1. The average molecular weight is 450 g/mol. The lowest BCUT2D eigenvalue weighted by atomic mass is 10.1. The van der Waals surface area contributed by atoms with Crippen LogP contribution < -0.4 is 10.1 Å². The number of unbranched alkanes of at least 4 members (excludes halogenated alkanes) is 6. The third-order valence-corrected chi connectivity index (χ3v) is 6.14. The molecule has 0 spiro atoms. The highest BCUT2D eigenvalue weighted by Gasteiger charge is 2.18. The molecule has 5 nitrogen and oxygen atoms in total. The van der Waals surface area contributed by atoms with Gasteiger partial charge in [-0.05, 0) is 56.5 Å². The van der Waals surface area contributed by atoms with E-state index in [4.69, 9.17) is 9.72 Å². The number of hydrogen-bond donors (Lipinski definition) is 1. The number of carbonyl (C=O) groups excluding carboxylic acids is 1. The molecule has 3 rings (SSSR count). The number of imidazole rings is 1. The second kappa shape index (κ2) is 12.4. The summed E-state index contributed by atoms with van der Waals surface area (Å²) in [6.07, 6.45) is 8.89. The highest BCUT2D eigenvalue weighted by atomic mass is 16.5. The molecular formula is C28H39N3O2. The Balaban J connectivity index is 1.61. The first-order chi connectivity index (χ1) is 16.0. The van der Waals surface area contributed by atoms with E-state index in [0.717, 1.165) is 46.7 Å². The number of amides is 1. The number of aromatic nitrogens is 2. The van der Waals surface area contributed by atoms with Crippen LogP contribution in [0.3, 0.4) is 0 Å². The van der Waals surface area contributed by atoms with Crippen LogP contribution in [0.1, 0.15) is 81.8 Å². The quantitative estimate of drug-likeness (QED) is 0.297. The molecule has 1 heterocycles. The number of para-hydroxylation sites is 2. The largest absolute Gasteiger partial charge is 0.483 e. The Labute approximate surface area is 198 Å². The van der Waals surface area contributed by atoms with E-state index in [0.29, 0.717) is 0 Å². The van der Waals surface area contributed by atoms with Crippen LogP contribution in [0.2, 0.25) is 0 Å². The SMILES string of the molecule is CCCCCCCCCn1c(C(C)NC(=O)COc2cc(C)ccc2C)nc2ccccc21. The minimum atomic E-state index is -0.198. The molecule has 5 heteroatoms. The molecule has 1 aromatic heterocycles. The Morgan fingerprint density at radius 2 is 1.76 bits per heavy atom. The smallest absolute Gasteiger partial charge is 0.258 e. The summed E-state index contributed by atoms with van der Waals surface area (Å²) in [6, 6.07) is 14.0. The standard InChI is InChI=1S/C28H39N3O2/c1-5-6-7-8-9-10-13-18-31-25-15-12-11-14-24(25)30-28(31)23(4)29-27(32)20-33-26-19-21(2)16-17-22(26)3/h11-12,14-17,19,23H,5-10,13,18,20H2,1-4H3,(H,29,32). The van der Waals surface area contributed by atoms with E-state index in [2.05, 4.69) is 28.9 Å². The highest BCUT2D eigenvalue weighted by molar-refractivity contribution is 5.79. The summed E-state index contributed by atoms with van der Waals surface area (Å²) < 4.78 is 8.06. The first kappa shape index (κ1) is 24.8. The van der Waals surface area contributed by atoms with Crippen LogP contribution in [0.4, 0.5) is 0 Å². The molecule has 0 fully saturated rings. The first-order valence-electron chi connectivity index (χ1n) is 12.4. The molecule has 0 saturated carbocycles. The summed E-state index contributed by atoms with van der Waals surface area (Å²) in [5.74, 6) is 1.52. The van der Waals surface area contributed by atoms with E-state index in [-0.39, 0.29) is 18.6 Å². The number of hydrogen-bond acceptors (Lipinski definition) is 3. The number of fused-ring (bicyclic) bond motifs is 1. The Hall–Kier alpha value is -2.82. The molecule has 1 unspecified atom stereocenters. The maximum Gasteiger partial charge on any atom is 0.258 e. The van der Waals surface area contributed by atoms with Gasteiger partial charge in [-0.15, -0.1) is 0 Å². The minimum Gasteiger partial charge on any atom is -0.483 e. The molecule has 1 atom stereocenters. The zero-order valence-electron chi connectivity index (χ0n) is 20.7. The molecule has 0 aliphatic rings. The average Bonchev–Trinajstić information content (AvgIpc) is 3.18. The number of nitrogens with one attached hydrogen (secondary N) is 1. The second-order valence-corrected chi connectivity index (χ2v) is 9.08. The topological polar surface area (TPSA) is 56.2 Å². The second-order valence-electron chi connectivity index (χ2n) is 9.08. The number of benzene rings is 2. The van der Waals surface area contributed by atoms with Gasteiger partial charge in [-0.1, -0.05) is 69.7 Å². The molecule has 0 bridgehead atoms. The van der Waals surface area contributed by atoms with Crippen LogP contribution in [0.25, 0.3) is 11.0 Å². The van der Waals surface area contributed by atoms with Crippen molar-refractivity contribution in [2.24, 2.45) is 0 Å². The van der Waals surface area contributed by atoms with Crippen molar-refractivity contribution in [2.45, 2.75) is 85.2 Å². The van der Waals surface area contributed by atoms with Crippen molar-refractivity contribution in [3.63, 3.8) is 0 Å². The lowest BCUT2D eigenvalue weighted by Crippen LogP contribution is -2.32. The van der Waals surface area contributed by atoms with Gasteiger partial charge in [-0.25, -0.2) is 4.98 Å². The van der Waals surface area contributed by atoms with Gasteiger partial charge >= 0.3 is 0 Å². The van der Waals surface area contributed by atoms with Crippen LogP contribution in [0.15, 0.2) is 42.5 Å². The third kappa shape index (κ3) is 7.08. The summed E-state index contributed by atoms with van der Waals surface area (Å²) in [4.78, 5) is 17.5. The van der Waals surface area contributed by atoms with Crippen molar-refractivity contribution in [3.8, 4) is 5.75 Å². The number of carbonyl (C=O) groups is 1. The summed E-state index contributed by atoms with van der Waals surface area (Å²) in [5, 5.41) is 3.08. The summed E-state index contributed by atoms with van der Waals surface area (Å²) >= 11 is 0. The Morgan fingerprint density at radius 3 is 2.55 bits per heavy atom. The zero-order chi connectivity index (χ0) is 23.6. The van der Waals surface area contributed by atoms with Crippen molar-refractivity contribution in [1.29, 1.82) is 0 Å². The van der Waals surface area contributed by atoms with Gasteiger partial charge in [0.15, 0.2) is 6.61 Å². The third-order valence-electron chi connectivity index (χ3n) is 6.14. The molecule has 0 saturated heterocycles. The lowest BCUT2D eigenvalue weighted by Gasteiger charge is -2.17. The Morgan fingerprint density at radius 1 is 1.03 bits per heavy atom. The van der Waals surface area contributed by atoms with Gasteiger partial charge in [0.1, 0.15) is 11.6 Å². The number of aryl methyl sites for hydroxylation is 3. The van der Waals surface area contributed by atoms with Crippen LogP contribution in [0.5, 0.6) is 5.75 Å². The molecule has 0 aliphatic heterocycles. The van der Waals surface area contributed by atoms with E-state index >= 15 is 0 Å². The van der Waals surface area contributed by atoms with Gasteiger partial charge in [-0.2, -0.15) is 0 Å². The first-order valence-corrected chi connectivity index (χ1v) is 12.4. The monoisotopic (exact) mass is 449 g/mol. The highest BCUT2D eigenvalue weighted by Crippen LogP contribution is 2.23. The van der Waals surface area contributed by atoms with Crippen molar-refractivity contribution < 1.29 is 9.53 Å². The van der Waals surface area contributed by atoms with Gasteiger partial charge in [0, 0.05) is 6.54 Å². The van der Waals surface area contributed by atoms with Crippen molar-refractivity contribution in [2.75, 3.05) is 6.61 Å². The maximum absolute atomic E-state index is 12.6. The molecule has 33 heavy (non-hydrogen) atoms.